The average molecular weight is 287 g/mol. The summed E-state index contributed by atoms with van der Waals surface area (Å²) < 4.78 is 5.09. The third kappa shape index (κ3) is 4.30. The number of ether oxygens (including phenoxy) is 1. The smallest absolute Gasteiger partial charge is 0.322 e. The number of hydrogen-bond donors (Lipinski definition) is 2. The molecule has 2 N–H and O–H groups in total. The Labute approximate surface area is 125 Å². The van der Waals surface area contributed by atoms with E-state index >= 15 is 0 Å². The summed E-state index contributed by atoms with van der Waals surface area (Å²) in [6.07, 6.45) is 0. The number of nitrogens with one attached hydrogen (secondary N) is 2. The minimum absolute atomic E-state index is 0.302. The molecule has 2 rings (SSSR count). The molecule has 0 saturated carbocycles. The molecule has 2 aromatic rings. The normalized spacial score (nSPS) is 11.8. The summed E-state index contributed by atoms with van der Waals surface area (Å²) in [5, 5.41) is 6.29. The second-order valence-electron chi connectivity index (χ2n) is 4.69. The summed E-state index contributed by atoms with van der Waals surface area (Å²) in [5.74, 6) is 1.39. The van der Waals surface area contributed by atoms with Crippen molar-refractivity contribution in [3.05, 3.63) is 35.9 Å². The first-order valence-corrected chi connectivity index (χ1v) is 7.05. The zero-order chi connectivity index (χ0) is 15.1. The molecule has 1 atom stereocenters. The van der Waals surface area contributed by atoms with Gasteiger partial charge in [0, 0.05) is 13.1 Å². The van der Waals surface area contributed by atoms with Crippen molar-refractivity contribution in [2.75, 3.05) is 30.8 Å². The Morgan fingerprint density at radius 1 is 1.05 bits per heavy atom. The van der Waals surface area contributed by atoms with Gasteiger partial charge in [-0.05, 0) is 18.4 Å². The van der Waals surface area contributed by atoms with Crippen LogP contribution in [0.1, 0.15) is 25.3 Å². The molecule has 112 valence electrons. The summed E-state index contributed by atoms with van der Waals surface area (Å²) in [7, 11) is 1.54. The fourth-order valence-electron chi connectivity index (χ4n) is 1.91. The van der Waals surface area contributed by atoms with E-state index < -0.39 is 0 Å². The molecule has 1 aromatic carbocycles. The van der Waals surface area contributed by atoms with Crippen molar-refractivity contribution in [3.8, 4) is 6.01 Å². The summed E-state index contributed by atoms with van der Waals surface area (Å²) >= 11 is 0. The van der Waals surface area contributed by atoms with Crippen LogP contribution >= 0.6 is 0 Å². The Hall–Kier alpha value is -2.37. The lowest BCUT2D eigenvalue weighted by molar-refractivity contribution is 0.379. The van der Waals surface area contributed by atoms with E-state index in [4.69, 9.17) is 4.74 Å². The molecule has 0 radical (unpaired) electrons. The first-order chi connectivity index (χ1) is 10.2. The molecule has 1 unspecified atom stereocenters. The molecule has 0 fully saturated rings. The summed E-state index contributed by atoms with van der Waals surface area (Å²) in [6, 6.07) is 10.6. The van der Waals surface area contributed by atoms with E-state index in [9.17, 15) is 0 Å². The minimum Gasteiger partial charge on any atom is -0.467 e. The lowest BCUT2D eigenvalue weighted by Crippen LogP contribution is -2.14. The second kappa shape index (κ2) is 7.42. The largest absolute Gasteiger partial charge is 0.467 e. The maximum absolute atomic E-state index is 5.09. The number of benzene rings is 1. The molecule has 0 aliphatic carbocycles. The van der Waals surface area contributed by atoms with E-state index in [-0.39, 0.29) is 0 Å². The van der Waals surface area contributed by atoms with Gasteiger partial charge in [0.05, 0.1) is 7.11 Å². The Balaban J connectivity index is 2.03. The molecular formula is C15H21N5O. The summed E-state index contributed by atoms with van der Waals surface area (Å²) in [6.45, 7) is 5.63. The molecule has 1 heterocycles. The zero-order valence-corrected chi connectivity index (χ0v) is 12.6. The molecular weight excluding hydrogens is 266 g/mol. The molecule has 0 aliphatic heterocycles. The van der Waals surface area contributed by atoms with Gasteiger partial charge in [0.2, 0.25) is 11.9 Å². The van der Waals surface area contributed by atoms with Crippen LogP contribution in [0.5, 0.6) is 6.01 Å². The van der Waals surface area contributed by atoms with Crippen LogP contribution in [-0.4, -0.2) is 35.2 Å². The maximum Gasteiger partial charge on any atom is 0.322 e. The Kier molecular flexibility index (Phi) is 5.31. The fraction of sp³-hybridized carbons (Fsp3) is 0.400. The highest BCUT2D eigenvalue weighted by Gasteiger charge is 2.09. The van der Waals surface area contributed by atoms with E-state index in [1.807, 2.05) is 25.1 Å². The van der Waals surface area contributed by atoms with Gasteiger partial charge < -0.3 is 15.4 Å². The number of rotatable bonds is 7. The van der Waals surface area contributed by atoms with Crippen LogP contribution in [0.25, 0.3) is 0 Å². The standard InChI is InChI=1S/C15H21N5O/c1-4-16-13-18-14(20-15(19-13)21-3)17-10-11(2)12-8-6-5-7-9-12/h5-9,11H,4,10H2,1-3H3,(H2,16,17,18,19,20). The van der Waals surface area contributed by atoms with Gasteiger partial charge in [0.25, 0.3) is 0 Å². The number of aromatic nitrogens is 3. The van der Waals surface area contributed by atoms with Crippen LogP contribution in [0.2, 0.25) is 0 Å². The third-order valence-electron chi connectivity index (χ3n) is 3.07. The number of methoxy groups -OCH3 is 1. The monoisotopic (exact) mass is 287 g/mol. The van der Waals surface area contributed by atoms with Crippen molar-refractivity contribution < 1.29 is 4.74 Å². The van der Waals surface area contributed by atoms with E-state index in [2.05, 4.69) is 44.6 Å². The Bertz CT molecular complexity index is 561. The highest BCUT2D eigenvalue weighted by Crippen LogP contribution is 2.16. The molecule has 0 saturated heterocycles. The van der Waals surface area contributed by atoms with Crippen LogP contribution in [0.3, 0.4) is 0 Å². The number of nitrogens with zero attached hydrogens (tertiary/aromatic N) is 3. The summed E-state index contributed by atoms with van der Waals surface area (Å²) in [4.78, 5) is 12.6. The predicted octanol–water partition coefficient (Wildman–Crippen LogP) is 2.53. The van der Waals surface area contributed by atoms with Gasteiger partial charge in [0.15, 0.2) is 0 Å². The van der Waals surface area contributed by atoms with Crippen molar-refractivity contribution in [1.82, 2.24) is 15.0 Å². The van der Waals surface area contributed by atoms with E-state index in [0.717, 1.165) is 13.1 Å². The highest BCUT2D eigenvalue weighted by molar-refractivity contribution is 5.36. The molecule has 6 heteroatoms. The van der Waals surface area contributed by atoms with Gasteiger partial charge in [-0.1, -0.05) is 37.3 Å². The van der Waals surface area contributed by atoms with Crippen molar-refractivity contribution in [2.24, 2.45) is 0 Å². The van der Waals surface area contributed by atoms with Crippen LogP contribution < -0.4 is 15.4 Å². The SMILES string of the molecule is CCNc1nc(NCC(C)c2ccccc2)nc(OC)n1. The lowest BCUT2D eigenvalue weighted by atomic mass is 10.0. The van der Waals surface area contributed by atoms with Gasteiger partial charge in [-0.25, -0.2) is 0 Å². The quantitative estimate of drug-likeness (QED) is 0.815. The van der Waals surface area contributed by atoms with Crippen LogP contribution in [-0.2, 0) is 0 Å². The van der Waals surface area contributed by atoms with Gasteiger partial charge >= 0.3 is 6.01 Å². The first kappa shape index (κ1) is 15.0. The third-order valence-corrected chi connectivity index (χ3v) is 3.07. The molecule has 0 amide bonds. The average Bonchev–Trinajstić information content (AvgIpc) is 2.53. The molecule has 0 aliphatic rings. The number of anilines is 2. The molecule has 0 bridgehead atoms. The van der Waals surface area contributed by atoms with Crippen LogP contribution in [0, 0.1) is 0 Å². The van der Waals surface area contributed by atoms with Gasteiger partial charge in [-0.2, -0.15) is 15.0 Å². The molecule has 21 heavy (non-hydrogen) atoms. The van der Waals surface area contributed by atoms with Crippen molar-refractivity contribution >= 4 is 11.9 Å². The van der Waals surface area contributed by atoms with Crippen molar-refractivity contribution in [3.63, 3.8) is 0 Å². The van der Waals surface area contributed by atoms with Crippen molar-refractivity contribution in [2.45, 2.75) is 19.8 Å². The van der Waals surface area contributed by atoms with E-state index in [1.165, 1.54) is 5.56 Å². The van der Waals surface area contributed by atoms with Crippen LogP contribution in [0.4, 0.5) is 11.9 Å². The summed E-state index contributed by atoms with van der Waals surface area (Å²) in [5.41, 5.74) is 1.28. The lowest BCUT2D eigenvalue weighted by Gasteiger charge is -2.13. The van der Waals surface area contributed by atoms with Gasteiger partial charge in [-0.15, -0.1) is 0 Å². The Morgan fingerprint density at radius 3 is 2.33 bits per heavy atom. The predicted molar refractivity (Wildman–Crippen MR) is 83.9 cm³/mol. The zero-order valence-electron chi connectivity index (χ0n) is 12.6. The Morgan fingerprint density at radius 2 is 1.71 bits per heavy atom. The molecule has 6 nitrogen and oxygen atoms in total. The molecule has 0 spiro atoms. The fourth-order valence-corrected chi connectivity index (χ4v) is 1.91. The number of hydrogen-bond acceptors (Lipinski definition) is 6. The molecule has 1 aromatic heterocycles. The minimum atomic E-state index is 0.302. The second-order valence-corrected chi connectivity index (χ2v) is 4.69. The highest BCUT2D eigenvalue weighted by atomic mass is 16.5. The van der Waals surface area contributed by atoms with E-state index in [0.29, 0.717) is 23.8 Å². The van der Waals surface area contributed by atoms with E-state index in [1.54, 1.807) is 7.11 Å². The van der Waals surface area contributed by atoms with Gasteiger partial charge in [-0.3, -0.25) is 0 Å². The topological polar surface area (TPSA) is 72.0 Å². The first-order valence-electron chi connectivity index (χ1n) is 7.05. The van der Waals surface area contributed by atoms with Gasteiger partial charge in [0.1, 0.15) is 0 Å². The van der Waals surface area contributed by atoms with Crippen molar-refractivity contribution in [1.29, 1.82) is 0 Å². The maximum atomic E-state index is 5.09. The van der Waals surface area contributed by atoms with Crippen LogP contribution in [0.15, 0.2) is 30.3 Å².